The Morgan fingerprint density at radius 2 is 2.25 bits per heavy atom. The number of ether oxygens (including phenoxy) is 1. The van der Waals surface area contributed by atoms with Crippen LogP contribution in [0.15, 0.2) is 6.20 Å². The second-order valence-corrected chi connectivity index (χ2v) is 4.14. The molecule has 16 heavy (non-hydrogen) atoms. The Balaban J connectivity index is 2.13. The summed E-state index contributed by atoms with van der Waals surface area (Å²) in [7, 11) is 0. The van der Waals surface area contributed by atoms with Crippen molar-refractivity contribution < 1.29 is 9.66 Å². The number of nitrogens with zero attached hydrogens (tertiary/aromatic N) is 2. The first kappa shape index (κ1) is 10.9. The van der Waals surface area contributed by atoms with Crippen LogP contribution in [0.2, 0.25) is 0 Å². The Hall–Kier alpha value is -1.63. The molecule has 1 aromatic rings. The molecule has 7 heteroatoms. The molecule has 0 saturated carbocycles. The molecule has 0 aliphatic carbocycles. The van der Waals surface area contributed by atoms with Gasteiger partial charge in [-0.15, -0.1) is 5.10 Å². The van der Waals surface area contributed by atoms with E-state index in [1.165, 1.54) is 6.20 Å². The summed E-state index contributed by atoms with van der Waals surface area (Å²) in [5.41, 5.74) is -0.347. The molecule has 2 N–H and O–H groups in total. The second kappa shape index (κ2) is 4.09. The third-order valence-electron chi connectivity index (χ3n) is 2.79. The second-order valence-electron chi connectivity index (χ2n) is 4.14. The van der Waals surface area contributed by atoms with Gasteiger partial charge in [0.2, 0.25) is 5.75 Å². The molecular weight excluding hydrogens is 212 g/mol. The number of aromatic nitrogens is 2. The standard InChI is InChI=1S/C9H14N4O3/c1-9(2-4-10-5-3-9)16-7-6-11-12-8(7)13(14)15/h6,10H,2-5H2,1H3,(H,11,12). The molecule has 1 saturated heterocycles. The number of piperidine rings is 1. The molecule has 2 rings (SSSR count). The van der Waals surface area contributed by atoms with E-state index in [-0.39, 0.29) is 17.2 Å². The third-order valence-corrected chi connectivity index (χ3v) is 2.79. The average molecular weight is 226 g/mol. The summed E-state index contributed by atoms with van der Waals surface area (Å²) < 4.78 is 5.70. The van der Waals surface area contributed by atoms with Crippen LogP contribution in [-0.2, 0) is 0 Å². The highest BCUT2D eigenvalue weighted by Crippen LogP contribution is 2.30. The van der Waals surface area contributed by atoms with Gasteiger partial charge in [-0.3, -0.25) is 0 Å². The van der Waals surface area contributed by atoms with Crippen molar-refractivity contribution in [3.63, 3.8) is 0 Å². The molecule has 88 valence electrons. The summed E-state index contributed by atoms with van der Waals surface area (Å²) in [5.74, 6) is 0.0363. The fraction of sp³-hybridized carbons (Fsp3) is 0.667. The van der Waals surface area contributed by atoms with Crippen molar-refractivity contribution >= 4 is 5.82 Å². The van der Waals surface area contributed by atoms with Crippen molar-refractivity contribution in [1.82, 2.24) is 15.5 Å². The van der Waals surface area contributed by atoms with Gasteiger partial charge in [0, 0.05) is 0 Å². The lowest BCUT2D eigenvalue weighted by Crippen LogP contribution is -2.43. The van der Waals surface area contributed by atoms with E-state index in [4.69, 9.17) is 4.74 Å². The van der Waals surface area contributed by atoms with Crippen molar-refractivity contribution in [2.75, 3.05) is 13.1 Å². The lowest BCUT2D eigenvalue weighted by Gasteiger charge is -2.33. The zero-order valence-corrected chi connectivity index (χ0v) is 9.02. The fourth-order valence-corrected chi connectivity index (χ4v) is 1.80. The van der Waals surface area contributed by atoms with Gasteiger partial charge in [0.25, 0.3) is 0 Å². The summed E-state index contributed by atoms with van der Waals surface area (Å²) in [6.45, 7) is 3.69. The minimum atomic E-state index is -0.521. The minimum absolute atomic E-state index is 0.181. The highest BCUT2D eigenvalue weighted by Gasteiger charge is 2.31. The minimum Gasteiger partial charge on any atom is -0.478 e. The Morgan fingerprint density at radius 1 is 1.56 bits per heavy atom. The monoisotopic (exact) mass is 226 g/mol. The largest absolute Gasteiger partial charge is 0.478 e. The van der Waals surface area contributed by atoms with Crippen molar-refractivity contribution in [1.29, 1.82) is 0 Å². The summed E-state index contributed by atoms with van der Waals surface area (Å²) in [6, 6.07) is 0. The molecule has 1 aliphatic rings. The number of nitro groups is 1. The third kappa shape index (κ3) is 2.13. The number of hydrogen-bond donors (Lipinski definition) is 2. The number of H-pyrrole nitrogens is 1. The Bertz CT molecular complexity index is 384. The average Bonchev–Trinajstić information content (AvgIpc) is 2.66. The van der Waals surface area contributed by atoms with Gasteiger partial charge in [-0.2, -0.15) is 0 Å². The van der Waals surface area contributed by atoms with Crippen molar-refractivity contribution in [3.05, 3.63) is 16.3 Å². The lowest BCUT2D eigenvalue weighted by molar-refractivity contribution is -0.390. The van der Waals surface area contributed by atoms with Crippen LogP contribution in [0, 0.1) is 10.1 Å². The van der Waals surface area contributed by atoms with Gasteiger partial charge < -0.3 is 20.2 Å². The molecule has 0 aromatic carbocycles. The summed E-state index contributed by atoms with van der Waals surface area (Å²) >= 11 is 0. The van der Waals surface area contributed by atoms with Crippen LogP contribution >= 0.6 is 0 Å². The van der Waals surface area contributed by atoms with Gasteiger partial charge in [-0.25, -0.2) is 0 Å². The van der Waals surface area contributed by atoms with Gasteiger partial charge in [0.05, 0.1) is 0 Å². The van der Waals surface area contributed by atoms with E-state index in [2.05, 4.69) is 15.5 Å². The molecular formula is C9H14N4O3. The van der Waals surface area contributed by atoms with Crippen LogP contribution in [-0.4, -0.2) is 33.8 Å². The maximum atomic E-state index is 10.7. The Morgan fingerprint density at radius 3 is 2.88 bits per heavy atom. The number of rotatable bonds is 3. The number of aromatic amines is 1. The van der Waals surface area contributed by atoms with Gasteiger partial charge in [-0.1, -0.05) is 5.10 Å². The van der Waals surface area contributed by atoms with Crippen LogP contribution in [0.25, 0.3) is 0 Å². The number of hydrogen-bond acceptors (Lipinski definition) is 5. The summed E-state index contributed by atoms with van der Waals surface area (Å²) in [4.78, 5) is 10.1. The van der Waals surface area contributed by atoms with Crippen molar-refractivity contribution in [2.45, 2.75) is 25.4 Å². The normalized spacial score (nSPS) is 19.3. The SMILES string of the molecule is CC1(Oc2cn[nH]c2[N+](=O)[O-])CCNCC1. The van der Waals surface area contributed by atoms with E-state index in [9.17, 15) is 10.1 Å². The molecule has 0 amide bonds. The van der Waals surface area contributed by atoms with Gasteiger partial charge in [0.1, 0.15) is 11.8 Å². The van der Waals surface area contributed by atoms with Crippen LogP contribution in [0.3, 0.4) is 0 Å². The predicted octanol–water partition coefficient (Wildman–Crippen LogP) is 0.839. The first-order valence-electron chi connectivity index (χ1n) is 5.18. The summed E-state index contributed by atoms with van der Waals surface area (Å²) in [6.07, 6.45) is 3.01. The van der Waals surface area contributed by atoms with Crippen LogP contribution in [0.4, 0.5) is 5.82 Å². The fourth-order valence-electron chi connectivity index (χ4n) is 1.80. The zero-order valence-electron chi connectivity index (χ0n) is 9.02. The van der Waals surface area contributed by atoms with Crippen LogP contribution in [0.5, 0.6) is 5.75 Å². The molecule has 0 bridgehead atoms. The quantitative estimate of drug-likeness (QED) is 0.588. The predicted molar refractivity (Wildman–Crippen MR) is 56.4 cm³/mol. The van der Waals surface area contributed by atoms with E-state index in [0.717, 1.165) is 25.9 Å². The first-order chi connectivity index (χ1) is 7.61. The van der Waals surface area contributed by atoms with E-state index >= 15 is 0 Å². The summed E-state index contributed by atoms with van der Waals surface area (Å²) in [5, 5.41) is 19.8. The highest BCUT2D eigenvalue weighted by atomic mass is 16.6. The van der Waals surface area contributed by atoms with Crippen LogP contribution < -0.4 is 10.1 Å². The lowest BCUT2D eigenvalue weighted by atomic mass is 9.94. The van der Waals surface area contributed by atoms with Crippen molar-refractivity contribution in [3.8, 4) is 5.75 Å². The van der Waals surface area contributed by atoms with Gasteiger partial charge in [-0.05, 0) is 37.8 Å². The van der Waals surface area contributed by atoms with Gasteiger partial charge in [0.15, 0.2) is 0 Å². The molecule has 7 nitrogen and oxygen atoms in total. The van der Waals surface area contributed by atoms with E-state index in [0.29, 0.717) is 0 Å². The molecule has 0 unspecified atom stereocenters. The van der Waals surface area contributed by atoms with Gasteiger partial charge >= 0.3 is 5.82 Å². The highest BCUT2D eigenvalue weighted by molar-refractivity contribution is 5.37. The van der Waals surface area contributed by atoms with E-state index in [1.807, 2.05) is 6.92 Å². The Kier molecular flexibility index (Phi) is 2.78. The molecule has 0 spiro atoms. The first-order valence-corrected chi connectivity index (χ1v) is 5.18. The molecule has 0 atom stereocenters. The molecule has 0 radical (unpaired) electrons. The zero-order chi connectivity index (χ0) is 11.6. The smallest absolute Gasteiger partial charge is 0.385 e. The molecule has 1 aliphatic heterocycles. The maximum Gasteiger partial charge on any atom is 0.385 e. The Labute approximate surface area is 92.3 Å². The number of nitrogens with one attached hydrogen (secondary N) is 2. The van der Waals surface area contributed by atoms with E-state index in [1.54, 1.807) is 0 Å². The molecule has 1 fully saturated rings. The topological polar surface area (TPSA) is 93.1 Å². The molecule has 2 heterocycles. The van der Waals surface area contributed by atoms with E-state index < -0.39 is 4.92 Å². The molecule has 1 aromatic heterocycles. The van der Waals surface area contributed by atoms with Crippen LogP contribution in [0.1, 0.15) is 19.8 Å². The maximum absolute atomic E-state index is 10.7. The van der Waals surface area contributed by atoms with Crippen molar-refractivity contribution in [2.24, 2.45) is 0 Å².